The normalized spacial score (nSPS) is 12.2. The van der Waals surface area contributed by atoms with E-state index in [-0.39, 0.29) is 31.1 Å². The summed E-state index contributed by atoms with van der Waals surface area (Å²) in [6.45, 7) is 6.63. The van der Waals surface area contributed by atoms with Crippen LogP contribution in [0.5, 0.6) is 0 Å². The number of hydrogen-bond donors (Lipinski definition) is 0. The minimum atomic E-state index is -0.787. The van der Waals surface area contributed by atoms with E-state index in [0.29, 0.717) is 25.7 Å². The molecular formula is C59H108O6. The van der Waals surface area contributed by atoms with E-state index < -0.39 is 6.10 Å². The quantitative estimate of drug-likeness (QED) is 0.0262. The van der Waals surface area contributed by atoms with Gasteiger partial charge in [0.15, 0.2) is 6.10 Å². The summed E-state index contributed by atoms with van der Waals surface area (Å²) in [6.07, 6.45) is 64.2. The largest absolute Gasteiger partial charge is 0.462 e. The first kappa shape index (κ1) is 62.6. The molecule has 6 nitrogen and oxygen atoms in total. The van der Waals surface area contributed by atoms with Crippen molar-refractivity contribution in [3.05, 3.63) is 36.5 Å². The number of unbranched alkanes of at least 4 members (excludes halogenated alkanes) is 35. The van der Waals surface area contributed by atoms with E-state index in [1.165, 1.54) is 199 Å². The Kier molecular flexibility index (Phi) is 52.3. The third kappa shape index (κ3) is 52.5. The topological polar surface area (TPSA) is 78.9 Å². The summed E-state index contributed by atoms with van der Waals surface area (Å²) in [5.41, 5.74) is 0. The average molecular weight is 914 g/mol. The summed E-state index contributed by atoms with van der Waals surface area (Å²) in [6, 6.07) is 0. The molecule has 0 amide bonds. The molecule has 0 N–H and O–H groups in total. The molecule has 0 heterocycles. The Bertz CT molecular complexity index is 1090. The highest BCUT2D eigenvalue weighted by Gasteiger charge is 2.19. The molecule has 0 unspecified atom stereocenters. The standard InChI is InChI=1S/C59H108O6/c1-4-7-10-13-16-19-22-25-27-29-31-34-36-39-42-45-48-51-57(60)63-54-56(65-59(62)53-50-47-44-41-38-33-24-21-18-15-12-9-6-3)55-64-58(61)52-49-46-43-40-37-35-32-30-28-26-23-20-17-14-11-8-5-2/h25,27,31,34,39,42,56H,4-24,26,28-30,32-33,35-38,40-41,43-55H2,1-3H3/b27-25-,34-31-,42-39-/t56-/m1/s1. The van der Waals surface area contributed by atoms with E-state index in [1.807, 2.05) is 0 Å². The molecular weight excluding hydrogens is 805 g/mol. The van der Waals surface area contributed by atoms with Crippen LogP contribution >= 0.6 is 0 Å². The van der Waals surface area contributed by atoms with Crippen LogP contribution in [0.25, 0.3) is 0 Å². The van der Waals surface area contributed by atoms with Crippen molar-refractivity contribution in [2.45, 2.75) is 309 Å². The van der Waals surface area contributed by atoms with Gasteiger partial charge >= 0.3 is 17.9 Å². The number of ether oxygens (including phenoxy) is 3. The molecule has 0 aromatic rings. The lowest BCUT2D eigenvalue weighted by Gasteiger charge is -2.18. The molecule has 6 heteroatoms. The van der Waals surface area contributed by atoms with Crippen molar-refractivity contribution in [3.8, 4) is 0 Å². The predicted molar refractivity (Wildman–Crippen MR) is 279 cm³/mol. The first-order valence-corrected chi connectivity index (χ1v) is 28.5. The van der Waals surface area contributed by atoms with E-state index in [9.17, 15) is 14.4 Å². The Morgan fingerprint density at radius 1 is 0.308 bits per heavy atom. The van der Waals surface area contributed by atoms with Crippen LogP contribution in [0.3, 0.4) is 0 Å². The van der Waals surface area contributed by atoms with Gasteiger partial charge in [0.1, 0.15) is 13.2 Å². The summed E-state index contributed by atoms with van der Waals surface area (Å²) in [7, 11) is 0. The van der Waals surface area contributed by atoms with Gasteiger partial charge in [-0.25, -0.2) is 0 Å². The van der Waals surface area contributed by atoms with Gasteiger partial charge in [-0.3, -0.25) is 14.4 Å². The van der Waals surface area contributed by atoms with Crippen LogP contribution < -0.4 is 0 Å². The van der Waals surface area contributed by atoms with Crippen LogP contribution in [0.4, 0.5) is 0 Å². The lowest BCUT2D eigenvalue weighted by atomic mass is 10.0. The minimum Gasteiger partial charge on any atom is -0.462 e. The van der Waals surface area contributed by atoms with Crippen molar-refractivity contribution in [1.29, 1.82) is 0 Å². The first-order valence-electron chi connectivity index (χ1n) is 28.5. The lowest BCUT2D eigenvalue weighted by Crippen LogP contribution is -2.30. The molecule has 0 aliphatic carbocycles. The van der Waals surface area contributed by atoms with E-state index in [4.69, 9.17) is 14.2 Å². The maximum Gasteiger partial charge on any atom is 0.306 e. The maximum absolute atomic E-state index is 12.8. The number of carbonyl (C=O) groups is 3. The zero-order valence-electron chi connectivity index (χ0n) is 43.5. The van der Waals surface area contributed by atoms with E-state index in [1.54, 1.807) is 0 Å². The number of hydrogen-bond acceptors (Lipinski definition) is 6. The molecule has 0 fully saturated rings. The molecule has 1 atom stereocenters. The van der Waals surface area contributed by atoms with Gasteiger partial charge in [-0.2, -0.15) is 0 Å². The molecule has 0 bridgehead atoms. The Hall–Kier alpha value is -2.37. The molecule has 0 saturated heterocycles. The highest BCUT2D eigenvalue weighted by atomic mass is 16.6. The van der Waals surface area contributed by atoms with Gasteiger partial charge in [-0.05, 0) is 51.4 Å². The van der Waals surface area contributed by atoms with Crippen molar-refractivity contribution in [2.75, 3.05) is 13.2 Å². The molecule has 0 aromatic heterocycles. The molecule has 0 saturated carbocycles. The van der Waals surface area contributed by atoms with Crippen LogP contribution in [0.2, 0.25) is 0 Å². The van der Waals surface area contributed by atoms with Gasteiger partial charge < -0.3 is 14.2 Å². The highest BCUT2D eigenvalue weighted by Crippen LogP contribution is 2.16. The Morgan fingerprint density at radius 3 is 0.923 bits per heavy atom. The smallest absolute Gasteiger partial charge is 0.306 e. The van der Waals surface area contributed by atoms with E-state index in [2.05, 4.69) is 57.2 Å². The van der Waals surface area contributed by atoms with Crippen molar-refractivity contribution in [3.63, 3.8) is 0 Å². The highest BCUT2D eigenvalue weighted by molar-refractivity contribution is 5.71. The third-order valence-corrected chi connectivity index (χ3v) is 12.6. The maximum atomic E-state index is 12.8. The Morgan fingerprint density at radius 2 is 0.569 bits per heavy atom. The van der Waals surface area contributed by atoms with Crippen LogP contribution in [0.1, 0.15) is 303 Å². The molecule has 380 valence electrons. The average Bonchev–Trinajstić information content (AvgIpc) is 3.30. The van der Waals surface area contributed by atoms with E-state index >= 15 is 0 Å². The van der Waals surface area contributed by atoms with Crippen LogP contribution in [0, 0.1) is 0 Å². The summed E-state index contributed by atoms with van der Waals surface area (Å²) < 4.78 is 16.8. The fraction of sp³-hybridized carbons (Fsp3) is 0.847. The molecule has 0 aliphatic rings. The van der Waals surface area contributed by atoms with Gasteiger partial charge in [0.05, 0.1) is 0 Å². The minimum absolute atomic E-state index is 0.0828. The van der Waals surface area contributed by atoms with E-state index in [0.717, 1.165) is 57.8 Å². The Balaban J connectivity index is 4.38. The third-order valence-electron chi connectivity index (χ3n) is 12.6. The number of allylic oxidation sites excluding steroid dienone is 6. The fourth-order valence-electron chi connectivity index (χ4n) is 8.34. The summed E-state index contributed by atoms with van der Waals surface area (Å²) in [5.74, 6) is -0.920. The summed E-state index contributed by atoms with van der Waals surface area (Å²) in [5, 5.41) is 0. The van der Waals surface area contributed by atoms with Crippen LogP contribution in [0.15, 0.2) is 36.5 Å². The van der Waals surface area contributed by atoms with Crippen molar-refractivity contribution >= 4 is 17.9 Å². The van der Waals surface area contributed by atoms with Gasteiger partial charge in [0, 0.05) is 19.3 Å². The zero-order chi connectivity index (χ0) is 47.2. The monoisotopic (exact) mass is 913 g/mol. The Labute approximate surface area is 404 Å². The second kappa shape index (κ2) is 54.2. The van der Waals surface area contributed by atoms with Gasteiger partial charge in [0.25, 0.3) is 0 Å². The number of esters is 3. The van der Waals surface area contributed by atoms with Gasteiger partial charge in [-0.1, -0.05) is 269 Å². The zero-order valence-corrected chi connectivity index (χ0v) is 43.5. The van der Waals surface area contributed by atoms with Crippen LogP contribution in [-0.4, -0.2) is 37.2 Å². The fourth-order valence-corrected chi connectivity index (χ4v) is 8.34. The molecule has 0 aliphatic heterocycles. The number of carbonyl (C=O) groups excluding carboxylic acids is 3. The van der Waals surface area contributed by atoms with Gasteiger partial charge in [-0.15, -0.1) is 0 Å². The summed E-state index contributed by atoms with van der Waals surface area (Å²) >= 11 is 0. The molecule has 0 spiro atoms. The molecule has 0 aromatic carbocycles. The SMILES string of the molecule is CCCCCCCC/C=C\C/C=C\C/C=C\CCCC(=O)OC[C@H](COC(=O)CCCCCCCCCCCCCCCCCCC)OC(=O)CCCCCCCCCCCCCCC. The van der Waals surface area contributed by atoms with Crippen molar-refractivity contribution in [2.24, 2.45) is 0 Å². The molecule has 65 heavy (non-hydrogen) atoms. The first-order chi connectivity index (χ1) is 32.0. The lowest BCUT2D eigenvalue weighted by molar-refractivity contribution is -0.167. The van der Waals surface area contributed by atoms with Crippen molar-refractivity contribution in [1.82, 2.24) is 0 Å². The predicted octanol–water partition coefficient (Wildman–Crippen LogP) is 18.9. The molecule has 0 radical (unpaired) electrons. The second-order valence-corrected chi connectivity index (χ2v) is 19.2. The second-order valence-electron chi connectivity index (χ2n) is 19.2. The van der Waals surface area contributed by atoms with Gasteiger partial charge in [0.2, 0.25) is 0 Å². The van der Waals surface area contributed by atoms with Crippen LogP contribution in [-0.2, 0) is 28.6 Å². The molecule has 0 rings (SSSR count). The summed E-state index contributed by atoms with van der Waals surface area (Å²) in [4.78, 5) is 38.1. The number of rotatable bonds is 52. The van der Waals surface area contributed by atoms with Crippen molar-refractivity contribution < 1.29 is 28.6 Å².